The number of nitrogens with one attached hydrogen (secondary N) is 1. The molecule has 5 nitrogen and oxygen atoms in total. The van der Waals surface area contributed by atoms with Gasteiger partial charge in [-0.1, -0.05) is 54.1 Å². The van der Waals surface area contributed by atoms with Crippen molar-refractivity contribution >= 4 is 11.8 Å². The van der Waals surface area contributed by atoms with Crippen LogP contribution in [0.3, 0.4) is 0 Å². The molecule has 1 aromatic heterocycles. The lowest BCUT2D eigenvalue weighted by molar-refractivity contribution is -0.125. The van der Waals surface area contributed by atoms with Crippen molar-refractivity contribution in [3.8, 4) is 0 Å². The molecule has 2 amide bonds. The fourth-order valence-corrected chi connectivity index (χ4v) is 3.68. The van der Waals surface area contributed by atoms with Crippen LogP contribution in [0, 0.1) is 6.92 Å². The zero-order valence-corrected chi connectivity index (χ0v) is 16.3. The molecule has 0 saturated heterocycles. The Morgan fingerprint density at radius 3 is 2.59 bits per heavy atom. The van der Waals surface area contributed by atoms with Crippen LogP contribution in [-0.2, 0) is 17.8 Å². The smallest absolute Gasteiger partial charge is 0.255 e. The van der Waals surface area contributed by atoms with Crippen LogP contribution in [0.15, 0.2) is 73.1 Å². The summed E-state index contributed by atoms with van der Waals surface area (Å²) in [4.78, 5) is 31.8. The van der Waals surface area contributed by atoms with E-state index >= 15 is 0 Å². The Bertz CT molecular complexity index is 1020. The number of pyridine rings is 1. The molecular formula is C24H23N3O2. The van der Waals surface area contributed by atoms with Gasteiger partial charge in [-0.2, -0.15) is 0 Å². The van der Waals surface area contributed by atoms with Gasteiger partial charge in [0.2, 0.25) is 5.91 Å². The molecule has 0 bridgehead atoms. The van der Waals surface area contributed by atoms with E-state index in [4.69, 9.17) is 0 Å². The fourth-order valence-electron chi connectivity index (χ4n) is 3.68. The van der Waals surface area contributed by atoms with E-state index in [0.29, 0.717) is 25.1 Å². The molecule has 3 aromatic rings. The third kappa shape index (κ3) is 4.04. The minimum atomic E-state index is -0.610. The average Bonchev–Trinajstić information content (AvgIpc) is 3.04. The van der Waals surface area contributed by atoms with E-state index in [-0.39, 0.29) is 11.8 Å². The maximum Gasteiger partial charge on any atom is 0.255 e. The van der Waals surface area contributed by atoms with Gasteiger partial charge in [0, 0.05) is 31.0 Å². The first-order chi connectivity index (χ1) is 14.1. The largest absolute Gasteiger partial charge is 0.350 e. The number of carbonyl (C=O) groups excluding carboxylic acids is 2. The molecule has 1 aliphatic heterocycles. The van der Waals surface area contributed by atoms with E-state index in [1.807, 2.05) is 37.3 Å². The zero-order chi connectivity index (χ0) is 20.2. The van der Waals surface area contributed by atoms with Gasteiger partial charge in [-0.3, -0.25) is 14.6 Å². The number of rotatable bonds is 6. The Hall–Kier alpha value is -3.47. The van der Waals surface area contributed by atoms with E-state index in [9.17, 15) is 9.59 Å². The van der Waals surface area contributed by atoms with Crippen molar-refractivity contribution in [3.05, 3.63) is 101 Å². The van der Waals surface area contributed by atoms with Gasteiger partial charge in [0.05, 0.1) is 0 Å². The van der Waals surface area contributed by atoms with Gasteiger partial charge >= 0.3 is 0 Å². The molecule has 5 heteroatoms. The van der Waals surface area contributed by atoms with Crippen molar-refractivity contribution < 1.29 is 9.59 Å². The van der Waals surface area contributed by atoms with Gasteiger partial charge in [0.1, 0.15) is 6.04 Å². The average molecular weight is 385 g/mol. The van der Waals surface area contributed by atoms with Crippen molar-refractivity contribution in [1.82, 2.24) is 15.2 Å². The van der Waals surface area contributed by atoms with Crippen LogP contribution < -0.4 is 5.32 Å². The van der Waals surface area contributed by atoms with Crippen LogP contribution in [0.5, 0.6) is 0 Å². The Labute approximate surface area is 170 Å². The summed E-state index contributed by atoms with van der Waals surface area (Å²) in [6.45, 7) is 2.92. The van der Waals surface area contributed by atoms with Gasteiger partial charge in [0.25, 0.3) is 5.91 Å². The van der Waals surface area contributed by atoms with Crippen molar-refractivity contribution in [2.45, 2.75) is 25.9 Å². The second kappa shape index (κ2) is 8.27. The van der Waals surface area contributed by atoms with E-state index in [2.05, 4.69) is 34.6 Å². The minimum absolute atomic E-state index is 0.0887. The Morgan fingerprint density at radius 1 is 1.03 bits per heavy atom. The molecule has 0 unspecified atom stereocenters. The number of hydrogen-bond acceptors (Lipinski definition) is 3. The quantitative estimate of drug-likeness (QED) is 0.707. The molecule has 0 aliphatic carbocycles. The highest BCUT2D eigenvalue weighted by Crippen LogP contribution is 2.33. The first-order valence-corrected chi connectivity index (χ1v) is 9.75. The number of fused-ring (bicyclic) bond motifs is 1. The van der Waals surface area contributed by atoms with Crippen LogP contribution in [0.4, 0.5) is 0 Å². The third-order valence-electron chi connectivity index (χ3n) is 5.26. The molecule has 2 aromatic carbocycles. The van der Waals surface area contributed by atoms with Crippen molar-refractivity contribution in [2.75, 3.05) is 6.54 Å². The number of aryl methyl sites for hydroxylation is 1. The van der Waals surface area contributed by atoms with Crippen molar-refractivity contribution in [1.29, 1.82) is 0 Å². The molecular weight excluding hydrogens is 362 g/mol. The first-order valence-electron chi connectivity index (χ1n) is 9.75. The number of aromatic nitrogens is 1. The highest BCUT2D eigenvalue weighted by molar-refractivity contribution is 6.04. The van der Waals surface area contributed by atoms with E-state index in [1.54, 1.807) is 23.4 Å². The number of benzene rings is 2. The fraction of sp³-hybridized carbons (Fsp3) is 0.208. The van der Waals surface area contributed by atoms with Crippen LogP contribution in [0.2, 0.25) is 0 Å². The third-order valence-corrected chi connectivity index (χ3v) is 5.26. The number of nitrogens with zero attached hydrogens (tertiary/aromatic N) is 2. The molecule has 1 aliphatic rings. The summed E-state index contributed by atoms with van der Waals surface area (Å²) < 4.78 is 0. The Morgan fingerprint density at radius 2 is 1.83 bits per heavy atom. The molecule has 4 rings (SSSR count). The van der Waals surface area contributed by atoms with Gasteiger partial charge < -0.3 is 10.2 Å². The molecule has 1 atom stereocenters. The zero-order valence-electron chi connectivity index (χ0n) is 16.3. The van der Waals surface area contributed by atoms with E-state index < -0.39 is 6.04 Å². The lowest BCUT2D eigenvalue weighted by Gasteiger charge is -2.25. The Kier molecular flexibility index (Phi) is 5.38. The maximum absolute atomic E-state index is 13.1. The second-order valence-electron chi connectivity index (χ2n) is 7.30. The molecule has 1 N–H and O–H groups in total. The minimum Gasteiger partial charge on any atom is -0.350 e. The normalized spacial score (nSPS) is 15.3. The summed E-state index contributed by atoms with van der Waals surface area (Å²) in [5.41, 5.74) is 4.65. The van der Waals surface area contributed by atoms with Crippen LogP contribution in [-0.4, -0.2) is 28.2 Å². The molecule has 0 radical (unpaired) electrons. The summed E-state index contributed by atoms with van der Waals surface area (Å²) in [6, 6.07) is 18.8. The molecule has 29 heavy (non-hydrogen) atoms. The van der Waals surface area contributed by atoms with Crippen LogP contribution in [0.1, 0.15) is 38.7 Å². The highest BCUT2D eigenvalue weighted by atomic mass is 16.2. The van der Waals surface area contributed by atoms with Crippen LogP contribution in [0.25, 0.3) is 0 Å². The molecule has 0 fully saturated rings. The van der Waals surface area contributed by atoms with E-state index in [0.717, 1.165) is 16.7 Å². The van der Waals surface area contributed by atoms with Crippen molar-refractivity contribution in [2.24, 2.45) is 0 Å². The Balaban J connectivity index is 1.53. The molecule has 0 spiro atoms. The van der Waals surface area contributed by atoms with Crippen LogP contribution >= 0.6 is 0 Å². The van der Waals surface area contributed by atoms with Gasteiger partial charge in [-0.05, 0) is 42.2 Å². The first kappa shape index (κ1) is 18.9. The lowest BCUT2D eigenvalue weighted by Crippen LogP contribution is -2.39. The maximum atomic E-state index is 13.1. The SMILES string of the molecule is Cc1ccc(CCN2C(=O)c3ccccc3[C@@H]2C(=O)NCc2cccnc2)cc1. The van der Waals surface area contributed by atoms with Gasteiger partial charge in [0.15, 0.2) is 0 Å². The summed E-state index contributed by atoms with van der Waals surface area (Å²) in [5, 5.41) is 2.97. The van der Waals surface area contributed by atoms with Gasteiger partial charge in [-0.15, -0.1) is 0 Å². The predicted octanol–water partition coefficient (Wildman–Crippen LogP) is 3.45. The second-order valence-corrected chi connectivity index (χ2v) is 7.30. The predicted molar refractivity (Wildman–Crippen MR) is 111 cm³/mol. The molecule has 146 valence electrons. The number of carbonyl (C=O) groups is 2. The number of amides is 2. The van der Waals surface area contributed by atoms with Gasteiger partial charge in [-0.25, -0.2) is 0 Å². The molecule has 0 saturated carbocycles. The molecule has 2 heterocycles. The summed E-state index contributed by atoms with van der Waals surface area (Å²) >= 11 is 0. The highest BCUT2D eigenvalue weighted by Gasteiger charge is 2.40. The lowest BCUT2D eigenvalue weighted by atomic mass is 10.0. The summed E-state index contributed by atoms with van der Waals surface area (Å²) in [7, 11) is 0. The number of hydrogen-bond donors (Lipinski definition) is 1. The van der Waals surface area contributed by atoms with E-state index in [1.165, 1.54) is 5.56 Å². The monoisotopic (exact) mass is 385 g/mol. The summed E-state index contributed by atoms with van der Waals surface area (Å²) in [5.74, 6) is -0.259. The van der Waals surface area contributed by atoms with Crippen molar-refractivity contribution in [3.63, 3.8) is 0 Å². The topological polar surface area (TPSA) is 62.3 Å². The summed E-state index contributed by atoms with van der Waals surface area (Å²) in [6.07, 6.45) is 4.12. The standard InChI is InChI=1S/C24H23N3O2/c1-17-8-10-18(11-9-17)12-14-27-22(20-6-2-3-7-21(20)24(27)29)23(28)26-16-19-5-4-13-25-15-19/h2-11,13,15,22H,12,14,16H2,1H3,(H,26,28)/t22-/m1/s1.